The Morgan fingerprint density at radius 3 is 2.08 bits per heavy atom. The highest BCUT2D eigenvalue weighted by atomic mass is 16.6. The Labute approximate surface area is 141 Å². The molecule has 6 nitrogen and oxygen atoms in total. The van der Waals surface area contributed by atoms with E-state index in [4.69, 9.17) is 9.47 Å². The lowest BCUT2D eigenvalue weighted by atomic mass is 9.82. The summed E-state index contributed by atoms with van der Waals surface area (Å²) in [5, 5.41) is 0. The number of hydrogen-bond acceptors (Lipinski definition) is 6. The average molecular weight is 336 g/mol. The van der Waals surface area contributed by atoms with Crippen LogP contribution in [0.1, 0.15) is 39.0 Å². The van der Waals surface area contributed by atoms with Gasteiger partial charge in [0.05, 0.1) is 0 Å². The van der Waals surface area contributed by atoms with Crippen molar-refractivity contribution in [1.82, 2.24) is 0 Å². The van der Waals surface area contributed by atoms with Crippen LogP contribution in [-0.4, -0.2) is 37.2 Å². The van der Waals surface area contributed by atoms with Crippen molar-refractivity contribution in [3.63, 3.8) is 0 Å². The monoisotopic (exact) mass is 336 g/mol. The molecule has 0 saturated heterocycles. The summed E-state index contributed by atoms with van der Waals surface area (Å²) in [4.78, 5) is 34.4. The Morgan fingerprint density at radius 1 is 0.917 bits per heavy atom. The third-order valence-corrected chi connectivity index (χ3v) is 5.66. The second-order valence-electron chi connectivity index (χ2n) is 7.26. The van der Waals surface area contributed by atoms with Crippen molar-refractivity contribution >= 4 is 17.9 Å². The Hall–Kier alpha value is -1.85. The van der Waals surface area contributed by atoms with E-state index < -0.39 is 31.1 Å². The lowest BCUT2D eigenvalue weighted by molar-refractivity contribution is -0.166. The Bertz CT molecular complexity index is 536. The quantitative estimate of drug-likeness (QED) is 0.419. The minimum atomic E-state index is -0.775. The minimum absolute atomic E-state index is 0.0455. The van der Waals surface area contributed by atoms with Crippen molar-refractivity contribution < 1.29 is 28.6 Å². The van der Waals surface area contributed by atoms with Crippen LogP contribution in [0.2, 0.25) is 0 Å². The molecule has 3 rings (SSSR count). The van der Waals surface area contributed by atoms with Gasteiger partial charge in [-0.1, -0.05) is 6.58 Å². The third kappa shape index (κ3) is 3.62. The van der Waals surface area contributed by atoms with Crippen LogP contribution >= 0.6 is 0 Å². The molecule has 3 aliphatic carbocycles. The van der Waals surface area contributed by atoms with Gasteiger partial charge in [0.2, 0.25) is 0 Å². The van der Waals surface area contributed by atoms with E-state index in [1.165, 1.54) is 26.2 Å². The summed E-state index contributed by atoms with van der Waals surface area (Å²) in [7, 11) is 0. The Balaban J connectivity index is 1.34. The van der Waals surface area contributed by atoms with E-state index >= 15 is 0 Å². The molecular weight excluding hydrogens is 312 g/mol. The van der Waals surface area contributed by atoms with Gasteiger partial charge in [0.15, 0.2) is 13.2 Å². The van der Waals surface area contributed by atoms with Crippen LogP contribution in [0.25, 0.3) is 0 Å². The summed E-state index contributed by atoms with van der Waals surface area (Å²) < 4.78 is 14.9. The molecule has 4 atom stereocenters. The molecule has 2 bridgehead atoms. The summed E-state index contributed by atoms with van der Waals surface area (Å²) in [6.07, 6.45) is 5.86. The van der Waals surface area contributed by atoms with Crippen LogP contribution in [-0.2, 0) is 28.6 Å². The van der Waals surface area contributed by atoms with Gasteiger partial charge >= 0.3 is 17.9 Å². The molecule has 24 heavy (non-hydrogen) atoms. The molecule has 3 saturated carbocycles. The molecule has 0 amide bonds. The second-order valence-corrected chi connectivity index (χ2v) is 7.26. The first-order chi connectivity index (χ1) is 11.4. The van der Waals surface area contributed by atoms with Crippen molar-refractivity contribution in [2.24, 2.45) is 23.7 Å². The van der Waals surface area contributed by atoms with Crippen molar-refractivity contribution in [3.05, 3.63) is 12.2 Å². The van der Waals surface area contributed by atoms with Crippen LogP contribution in [0.15, 0.2) is 12.2 Å². The molecule has 0 N–H and O–H groups in total. The lowest BCUT2D eigenvalue weighted by Gasteiger charge is -2.23. The fourth-order valence-corrected chi connectivity index (χ4v) is 4.71. The molecule has 0 radical (unpaired) electrons. The van der Waals surface area contributed by atoms with E-state index in [0.717, 1.165) is 24.7 Å². The van der Waals surface area contributed by atoms with Crippen LogP contribution in [0.3, 0.4) is 0 Å². The van der Waals surface area contributed by atoms with E-state index in [-0.39, 0.29) is 11.7 Å². The molecule has 0 aromatic rings. The number of esters is 3. The predicted molar refractivity (Wildman–Crippen MR) is 83.7 cm³/mol. The fourth-order valence-electron chi connectivity index (χ4n) is 4.71. The molecule has 0 spiro atoms. The zero-order valence-corrected chi connectivity index (χ0v) is 14.0. The summed E-state index contributed by atoms with van der Waals surface area (Å²) in [5.41, 5.74) is 0.197. The fraction of sp³-hybridized carbons (Fsp3) is 0.722. The van der Waals surface area contributed by atoms with Gasteiger partial charge in [-0.15, -0.1) is 0 Å². The first-order valence-corrected chi connectivity index (χ1v) is 8.61. The number of rotatable bonds is 6. The molecular formula is C18H24O6. The van der Waals surface area contributed by atoms with E-state index in [0.29, 0.717) is 11.8 Å². The SMILES string of the molecule is C=C(C)C(=O)OCC(=O)OCC(=O)OC1CC2C3CCC(C3)C2C1. The predicted octanol–water partition coefficient (Wildman–Crippen LogP) is 2.02. The van der Waals surface area contributed by atoms with Crippen LogP contribution < -0.4 is 0 Å². The van der Waals surface area contributed by atoms with Gasteiger partial charge < -0.3 is 14.2 Å². The van der Waals surface area contributed by atoms with E-state index in [9.17, 15) is 14.4 Å². The minimum Gasteiger partial charge on any atom is -0.460 e. The van der Waals surface area contributed by atoms with Crippen molar-refractivity contribution in [2.75, 3.05) is 13.2 Å². The highest BCUT2D eigenvalue weighted by Gasteiger charge is 2.52. The normalized spacial score (nSPS) is 33.0. The molecule has 3 aliphatic rings. The molecule has 3 fully saturated rings. The van der Waals surface area contributed by atoms with Crippen LogP contribution in [0.5, 0.6) is 0 Å². The number of hydrogen-bond donors (Lipinski definition) is 0. The number of ether oxygens (including phenoxy) is 3. The average Bonchev–Trinajstić information content (AvgIpc) is 3.22. The first-order valence-electron chi connectivity index (χ1n) is 8.61. The molecule has 0 aliphatic heterocycles. The zero-order chi connectivity index (χ0) is 17.3. The summed E-state index contributed by atoms with van der Waals surface area (Å²) in [6.45, 7) is 3.91. The summed E-state index contributed by atoms with van der Waals surface area (Å²) in [5.74, 6) is 1.10. The van der Waals surface area contributed by atoms with E-state index in [1.54, 1.807) is 0 Å². The van der Waals surface area contributed by atoms with E-state index in [2.05, 4.69) is 11.3 Å². The Kier molecular flexibility index (Phi) is 4.92. The largest absolute Gasteiger partial charge is 0.460 e. The molecule has 4 unspecified atom stereocenters. The molecule has 0 aromatic heterocycles. The van der Waals surface area contributed by atoms with Crippen LogP contribution in [0, 0.1) is 23.7 Å². The summed E-state index contributed by atoms with van der Waals surface area (Å²) >= 11 is 0. The zero-order valence-electron chi connectivity index (χ0n) is 14.0. The maximum absolute atomic E-state index is 11.8. The number of fused-ring (bicyclic) bond motifs is 5. The standard InChI is InChI=1S/C18H24O6/c1-10(2)18(21)23-8-16(19)22-9-17(20)24-13-6-14-11-3-4-12(5-11)15(14)7-13/h11-15H,1,3-9H2,2H3. The third-order valence-electron chi connectivity index (χ3n) is 5.66. The molecule has 0 heterocycles. The van der Waals surface area contributed by atoms with Crippen molar-refractivity contribution in [1.29, 1.82) is 0 Å². The maximum Gasteiger partial charge on any atom is 0.344 e. The number of carbonyl (C=O) groups is 3. The second kappa shape index (κ2) is 6.95. The highest BCUT2D eigenvalue weighted by Crippen LogP contribution is 2.59. The smallest absolute Gasteiger partial charge is 0.344 e. The van der Waals surface area contributed by atoms with E-state index in [1.807, 2.05) is 0 Å². The molecule has 0 aromatic carbocycles. The Morgan fingerprint density at radius 2 is 1.50 bits per heavy atom. The van der Waals surface area contributed by atoms with Gasteiger partial charge in [-0.05, 0) is 62.7 Å². The molecule has 6 heteroatoms. The van der Waals surface area contributed by atoms with Gasteiger partial charge in [-0.25, -0.2) is 14.4 Å². The maximum atomic E-state index is 11.8. The topological polar surface area (TPSA) is 78.9 Å². The van der Waals surface area contributed by atoms with Gasteiger partial charge in [0.1, 0.15) is 6.10 Å². The summed E-state index contributed by atoms with van der Waals surface area (Å²) in [6, 6.07) is 0. The first kappa shape index (κ1) is 17.0. The van der Waals surface area contributed by atoms with Crippen LogP contribution in [0.4, 0.5) is 0 Å². The van der Waals surface area contributed by atoms with Gasteiger partial charge in [-0.3, -0.25) is 0 Å². The number of carbonyl (C=O) groups excluding carboxylic acids is 3. The van der Waals surface area contributed by atoms with Crippen molar-refractivity contribution in [3.8, 4) is 0 Å². The van der Waals surface area contributed by atoms with Gasteiger partial charge in [-0.2, -0.15) is 0 Å². The van der Waals surface area contributed by atoms with Crippen molar-refractivity contribution in [2.45, 2.75) is 45.1 Å². The van der Waals surface area contributed by atoms with Gasteiger partial charge in [0, 0.05) is 5.57 Å². The van der Waals surface area contributed by atoms with Gasteiger partial charge in [0.25, 0.3) is 0 Å². The lowest BCUT2D eigenvalue weighted by Crippen LogP contribution is -2.24. The molecule has 132 valence electrons. The highest BCUT2D eigenvalue weighted by molar-refractivity contribution is 5.88.